The second-order valence-corrected chi connectivity index (χ2v) is 16.5. The maximum Gasteiger partial charge on any atom is 0.329 e. The quantitative estimate of drug-likeness (QED) is 0.141. The molecule has 2 saturated heterocycles. The largest absolute Gasteiger partial charge is 0.351 e. The third-order valence-corrected chi connectivity index (χ3v) is 11.4. The summed E-state index contributed by atoms with van der Waals surface area (Å²) in [6.07, 6.45) is 9.39. The number of anilines is 1. The Morgan fingerprint density at radius 2 is 1.82 bits per heavy atom. The van der Waals surface area contributed by atoms with Gasteiger partial charge in [0.15, 0.2) is 5.82 Å². The highest BCUT2D eigenvalue weighted by Crippen LogP contribution is 2.34. The average Bonchev–Trinajstić information content (AvgIpc) is 3.94. The number of piperidine rings is 1. The fraction of sp³-hybridized carbons (Fsp3) is 0.419. The number of unbranched alkanes of at least 4 members (excludes halogenated alkanes) is 1. The molecule has 8 rings (SSSR count). The Kier molecular flexibility index (Phi) is 10.4. The fourth-order valence-electron chi connectivity index (χ4n) is 8.01. The first-order valence-corrected chi connectivity index (χ1v) is 19.9. The number of fused-ring (bicyclic) bond motifs is 2. The Bertz CT molecular complexity index is 2460. The number of hydrogen-bond donors (Lipinski definition) is 2. The zero-order valence-corrected chi connectivity index (χ0v) is 33.3. The van der Waals surface area contributed by atoms with Crippen molar-refractivity contribution in [2.45, 2.75) is 84.1 Å². The molecule has 6 aromatic rings. The van der Waals surface area contributed by atoms with Gasteiger partial charge in [-0.3, -0.25) is 24.5 Å². The molecule has 0 radical (unpaired) electrons. The highest BCUT2D eigenvalue weighted by atomic mass is 16.5. The number of nitrogens with one attached hydrogen (secondary N) is 2. The minimum Gasteiger partial charge on any atom is -0.351 e. The highest BCUT2D eigenvalue weighted by Gasteiger charge is 2.29. The predicted octanol–water partition coefficient (Wildman–Crippen LogP) is 6.46. The zero-order chi connectivity index (χ0) is 39.8. The first-order chi connectivity index (χ1) is 27.4. The summed E-state index contributed by atoms with van der Waals surface area (Å²) in [6.45, 7) is 12.1. The summed E-state index contributed by atoms with van der Waals surface area (Å²) in [5.41, 5.74) is 9.03. The number of carbonyl (C=O) groups excluding carboxylic acids is 3. The van der Waals surface area contributed by atoms with Gasteiger partial charge >= 0.3 is 6.03 Å². The van der Waals surface area contributed by atoms with E-state index in [9.17, 15) is 14.4 Å². The van der Waals surface area contributed by atoms with E-state index in [0.717, 1.165) is 96.2 Å². The van der Waals surface area contributed by atoms with Crippen LogP contribution in [0.3, 0.4) is 0 Å². The molecule has 296 valence electrons. The van der Waals surface area contributed by atoms with Gasteiger partial charge in [-0.2, -0.15) is 10.2 Å². The number of aromatic nitrogens is 6. The van der Waals surface area contributed by atoms with Crippen molar-refractivity contribution in [2.24, 2.45) is 7.05 Å². The molecule has 2 N–H and O–H groups in total. The number of nitrogens with zero attached hydrogens (tertiary/aromatic N) is 8. The van der Waals surface area contributed by atoms with E-state index in [0.29, 0.717) is 24.8 Å². The molecule has 14 heteroatoms. The molecule has 4 amide bonds. The second-order valence-electron chi connectivity index (χ2n) is 16.5. The van der Waals surface area contributed by atoms with Crippen LogP contribution in [-0.2, 0) is 30.2 Å². The maximum absolute atomic E-state index is 12.7. The minimum absolute atomic E-state index is 0.197. The Hall–Kier alpha value is -5.89. The van der Waals surface area contributed by atoms with Crippen LogP contribution in [0.15, 0.2) is 65.6 Å². The minimum atomic E-state index is -0.414. The monoisotopic (exact) mass is 770 g/mol. The van der Waals surface area contributed by atoms with Crippen molar-refractivity contribution in [3.8, 4) is 11.3 Å². The first kappa shape index (κ1) is 38.0. The number of imide groups is 1. The molecule has 0 unspecified atom stereocenters. The summed E-state index contributed by atoms with van der Waals surface area (Å²) >= 11 is 0. The molecule has 4 aromatic heterocycles. The number of amides is 4. The summed E-state index contributed by atoms with van der Waals surface area (Å²) in [5.74, 6) is 0.756. The van der Waals surface area contributed by atoms with Crippen LogP contribution in [0.25, 0.3) is 27.7 Å². The standard InChI is InChI=1S/C43H50N10O4/c1-27-20-31(9-10-32(27)24-44-41(55)36-23-37(49-57-36)43(2,3)4)39-35-21-28(25-53(35)46-26-45-39)8-6-7-16-51-17-13-29(14-18-51)30-11-12-33-34(22-30)50(5)48-40(33)52-19-15-38(54)47-42(52)56/h9-12,20-23,25-26,29H,6-8,13-19,24H2,1-5H3,(H,44,55)(H,47,54,56). The van der Waals surface area contributed by atoms with Crippen LogP contribution in [0.2, 0.25) is 0 Å². The van der Waals surface area contributed by atoms with Crippen molar-refractivity contribution in [2.75, 3.05) is 31.1 Å². The lowest BCUT2D eigenvalue weighted by atomic mass is 9.89. The predicted molar refractivity (Wildman–Crippen MR) is 217 cm³/mol. The Labute approximate surface area is 331 Å². The van der Waals surface area contributed by atoms with Gasteiger partial charge < -0.3 is 14.7 Å². The van der Waals surface area contributed by atoms with Crippen molar-refractivity contribution in [3.05, 3.63) is 94.8 Å². The van der Waals surface area contributed by atoms with E-state index < -0.39 is 6.03 Å². The van der Waals surface area contributed by atoms with E-state index in [1.54, 1.807) is 17.3 Å². The molecular weight excluding hydrogens is 721 g/mol. The normalized spacial score (nSPS) is 15.8. The van der Waals surface area contributed by atoms with Crippen molar-refractivity contribution < 1.29 is 18.9 Å². The third kappa shape index (κ3) is 8.04. The third-order valence-electron chi connectivity index (χ3n) is 11.4. The molecule has 2 aliphatic heterocycles. The van der Waals surface area contributed by atoms with Crippen LogP contribution in [-0.4, -0.2) is 78.5 Å². The highest BCUT2D eigenvalue weighted by molar-refractivity contribution is 6.08. The first-order valence-electron chi connectivity index (χ1n) is 19.9. The van der Waals surface area contributed by atoms with E-state index in [1.807, 2.05) is 56.1 Å². The molecule has 0 bridgehead atoms. The number of urea groups is 1. The van der Waals surface area contributed by atoms with Gasteiger partial charge in [-0.15, -0.1) is 0 Å². The number of likely N-dealkylation sites (tertiary alicyclic amines) is 1. The van der Waals surface area contributed by atoms with Gasteiger partial charge in [-0.1, -0.05) is 44.1 Å². The van der Waals surface area contributed by atoms with E-state index >= 15 is 0 Å². The number of hydrogen-bond acceptors (Lipinski definition) is 9. The van der Waals surface area contributed by atoms with Gasteiger partial charge in [0.25, 0.3) is 5.91 Å². The molecule has 57 heavy (non-hydrogen) atoms. The van der Waals surface area contributed by atoms with E-state index in [2.05, 4.69) is 72.4 Å². The maximum atomic E-state index is 12.7. The average molecular weight is 771 g/mol. The molecule has 0 spiro atoms. The van der Waals surface area contributed by atoms with E-state index in [4.69, 9.17) is 4.52 Å². The van der Waals surface area contributed by atoms with Crippen LogP contribution < -0.4 is 15.5 Å². The summed E-state index contributed by atoms with van der Waals surface area (Å²) in [4.78, 5) is 45.7. The van der Waals surface area contributed by atoms with Crippen molar-refractivity contribution in [3.63, 3.8) is 0 Å². The summed E-state index contributed by atoms with van der Waals surface area (Å²) in [5, 5.41) is 19.5. The lowest BCUT2D eigenvalue weighted by Crippen LogP contribution is -2.49. The molecule has 2 aromatic carbocycles. The van der Waals surface area contributed by atoms with Crippen LogP contribution in [0.4, 0.5) is 10.6 Å². The van der Waals surface area contributed by atoms with Crippen LogP contribution in [0, 0.1) is 6.92 Å². The van der Waals surface area contributed by atoms with Gasteiger partial charge in [0.05, 0.1) is 22.4 Å². The fourth-order valence-corrected chi connectivity index (χ4v) is 8.01. The topological polar surface area (TPSA) is 156 Å². The molecule has 2 fully saturated rings. The zero-order valence-electron chi connectivity index (χ0n) is 33.3. The Balaban J connectivity index is 0.821. The van der Waals surface area contributed by atoms with E-state index in [-0.39, 0.29) is 29.4 Å². The molecule has 0 atom stereocenters. The Morgan fingerprint density at radius 1 is 1.00 bits per heavy atom. The number of carbonyl (C=O) groups is 3. The molecule has 6 heterocycles. The van der Waals surface area contributed by atoms with Crippen molar-refractivity contribution in [1.82, 2.24) is 45.1 Å². The molecule has 0 saturated carbocycles. The van der Waals surface area contributed by atoms with Crippen molar-refractivity contribution >= 4 is 40.1 Å². The van der Waals surface area contributed by atoms with Gasteiger partial charge in [0, 0.05) is 55.2 Å². The SMILES string of the molecule is Cc1cc(-c2ncnn3cc(CCCCN4CCC(c5ccc6c(N7CCC(=O)NC7=O)nn(C)c6c5)CC4)cc23)ccc1CNC(=O)c1cc(C(C)(C)C)no1. The summed E-state index contributed by atoms with van der Waals surface area (Å²) in [7, 11) is 1.91. The van der Waals surface area contributed by atoms with Gasteiger partial charge in [0.1, 0.15) is 6.33 Å². The van der Waals surface area contributed by atoms with Gasteiger partial charge in [-0.05, 0) is 111 Å². The van der Waals surface area contributed by atoms with E-state index in [1.165, 1.54) is 11.1 Å². The van der Waals surface area contributed by atoms with Crippen LogP contribution >= 0.6 is 0 Å². The van der Waals surface area contributed by atoms with Gasteiger partial charge in [-0.25, -0.2) is 14.3 Å². The molecular formula is C43H50N10O4. The summed E-state index contributed by atoms with van der Waals surface area (Å²) < 4.78 is 9.06. The molecule has 14 nitrogen and oxygen atoms in total. The Morgan fingerprint density at radius 3 is 2.58 bits per heavy atom. The lowest BCUT2D eigenvalue weighted by molar-refractivity contribution is -0.120. The number of rotatable bonds is 11. The van der Waals surface area contributed by atoms with Gasteiger partial charge in [0.2, 0.25) is 11.7 Å². The lowest BCUT2D eigenvalue weighted by Gasteiger charge is -2.32. The number of benzene rings is 2. The second kappa shape index (κ2) is 15.6. The molecule has 2 aliphatic rings. The van der Waals surface area contributed by atoms with Crippen molar-refractivity contribution in [1.29, 1.82) is 0 Å². The summed E-state index contributed by atoms with van der Waals surface area (Å²) in [6, 6.07) is 16.2. The smallest absolute Gasteiger partial charge is 0.329 e. The molecule has 0 aliphatic carbocycles. The van der Waals surface area contributed by atoms with Crippen LogP contribution in [0.1, 0.15) is 97.3 Å². The number of aryl methyl sites for hydroxylation is 3. The van der Waals surface area contributed by atoms with Crippen LogP contribution in [0.5, 0.6) is 0 Å².